The van der Waals surface area contributed by atoms with Gasteiger partial charge in [-0.3, -0.25) is 19.4 Å². The molecule has 0 atom stereocenters. The van der Waals surface area contributed by atoms with Crippen LogP contribution >= 0.6 is 0 Å². The maximum absolute atomic E-state index is 10.6. The summed E-state index contributed by atoms with van der Waals surface area (Å²) in [5.41, 5.74) is 6.41. The number of aryl methyl sites for hydroxylation is 3. The number of rotatable bonds is 3. The third-order valence-corrected chi connectivity index (χ3v) is 4.85. The maximum atomic E-state index is 10.6. The summed E-state index contributed by atoms with van der Waals surface area (Å²) < 4.78 is 0. The summed E-state index contributed by atoms with van der Waals surface area (Å²) in [5, 5.41) is 9.65. The van der Waals surface area contributed by atoms with Gasteiger partial charge in [-0.1, -0.05) is 24.3 Å². The molecule has 0 aliphatic rings. The number of aldehydes is 3. The second-order valence-electron chi connectivity index (χ2n) is 7.16. The number of para-hydroxylation sites is 1. The number of pyridine rings is 1. The fraction of sp³-hybridized carbons (Fsp3) is 0.111. The zero-order valence-corrected chi connectivity index (χ0v) is 18.3. The van der Waals surface area contributed by atoms with Crippen LogP contribution in [-0.4, -0.2) is 28.9 Å². The molecule has 0 fully saturated rings. The van der Waals surface area contributed by atoms with Crippen molar-refractivity contribution in [1.82, 2.24) is 4.98 Å². The minimum absolute atomic E-state index is 0.181. The van der Waals surface area contributed by atoms with Crippen molar-refractivity contribution in [2.24, 2.45) is 0 Å². The van der Waals surface area contributed by atoms with Crippen LogP contribution in [0, 0.1) is 20.8 Å². The van der Waals surface area contributed by atoms with Crippen molar-refractivity contribution in [3.05, 3.63) is 106 Å². The molecule has 0 spiro atoms. The van der Waals surface area contributed by atoms with Gasteiger partial charge in [0.2, 0.25) is 0 Å². The molecule has 0 aliphatic heterocycles. The van der Waals surface area contributed by atoms with Gasteiger partial charge in [-0.2, -0.15) is 0 Å². The molecule has 32 heavy (non-hydrogen) atoms. The molecule has 5 nitrogen and oxygen atoms in total. The molecule has 1 N–H and O–H groups in total. The number of fused-ring (bicyclic) bond motifs is 1. The SMILES string of the molecule is Cc1cc(C)c(C=O)cc1C.O=Cc1ccc(O)cc1.O=Cc1ccnc2ccccc12. The zero-order chi connectivity index (χ0) is 23.5. The summed E-state index contributed by atoms with van der Waals surface area (Å²) in [6.07, 6.45) is 4.14. The first kappa shape index (κ1) is 24.2. The Hall–Kier alpha value is -4.12. The predicted octanol–water partition coefficient (Wildman–Crippen LogP) is 5.68. The Balaban J connectivity index is 0.000000172. The first-order chi connectivity index (χ1) is 15.4. The number of hydrogen-bond acceptors (Lipinski definition) is 5. The molecule has 0 bridgehead atoms. The van der Waals surface area contributed by atoms with Crippen molar-refractivity contribution in [1.29, 1.82) is 0 Å². The molecule has 1 heterocycles. The molecule has 1 aromatic heterocycles. The summed E-state index contributed by atoms with van der Waals surface area (Å²) in [6.45, 7) is 6.02. The standard InChI is InChI=1S/C10H7NO.C10H12O.C7H6O2/c12-7-8-5-6-11-10-4-2-1-3-9(8)10;1-7-4-9(3)10(6-11)5-8(7)2;8-5-6-1-3-7(9)4-2-6/h1-7H;4-6H,1-3H3;1-5,9H. The summed E-state index contributed by atoms with van der Waals surface area (Å²) in [4.78, 5) is 35.3. The molecule has 5 heteroatoms. The van der Waals surface area contributed by atoms with E-state index in [1.54, 1.807) is 24.4 Å². The Morgan fingerprint density at radius 2 is 1.31 bits per heavy atom. The Bertz CT molecular complexity index is 1210. The molecule has 0 saturated carbocycles. The van der Waals surface area contributed by atoms with Crippen LogP contribution < -0.4 is 0 Å². The van der Waals surface area contributed by atoms with Crippen LogP contribution in [0.25, 0.3) is 10.9 Å². The van der Waals surface area contributed by atoms with E-state index in [1.165, 1.54) is 23.3 Å². The van der Waals surface area contributed by atoms with E-state index in [0.717, 1.165) is 40.9 Å². The summed E-state index contributed by atoms with van der Waals surface area (Å²) in [7, 11) is 0. The quantitative estimate of drug-likeness (QED) is 0.426. The molecule has 0 aliphatic carbocycles. The highest BCUT2D eigenvalue weighted by Gasteiger charge is 1.99. The van der Waals surface area contributed by atoms with Gasteiger partial charge in [0.25, 0.3) is 0 Å². The minimum atomic E-state index is 0.181. The predicted molar refractivity (Wildman–Crippen MR) is 127 cm³/mol. The molecule has 0 amide bonds. The van der Waals surface area contributed by atoms with E-state index >= 15 is 0 Å². The molecule has 0 unspecified atom stereocenters. The summed E-state index contributed by atoms with van der Waals surface area (Å²) in [6, 6.07) is 19.3. The smallest absolute Gasteiger partial charge is 0.150 e. The number of hydrogen-bond donors (Lipinski definition) is 1. The van der Waals surface area contributed by atoms with Crippen LogP contribution in [0.4, 0.5) is 0 Å². The van der Waals surface area contributed by atoms with Crippen LogP contribution in [0.3, 0.4) is 0 Å². The number of carbonyl (C=O) groups is 3. The van der Waals surface area contributed by atoms with Crippen LogP contribution in [0.15, 0.2) is 72.9 Å². The van der Waals surface area contributed by atoms with E-state index in [9.17, 15) is 14.4 Å². The summed E-state index contributed by atoms with van der Waals surface area (Å²) >= 11 is 0. The molecule has 3 aromatic carbocycles. The Morgan fingerprint density at radius 3 is 1.94 bits per heavy atom. The highest BCUT2D eigenvalue weighted by molar-refractivity contribution is 5.95. The molecule has 0 radical (unpaired) electrons. The lowest BCUT2D eigenvalue weighted by Crippen LogP contribution is -1.90. The van der Waals surface area contributed by atoms with E-state index in [-0.39, 0.29) is 5.75 Å². The highest BCUT2D eigenvalue weighted by Crippen LogP contribution is 2.14. The number of nitrogens with zero attached hydrogens (tertiary/aromatic N) is 1. The van der Waals surface area contributed by atoms with Crippen LogP contribution in [-0.2, 0) is 0 Å². The number of phenolic OH excluding ortho intramolecular Hbond substituents is 1. The van der Waals surface area contributed by atoms with Crippen molar-refractivity contribution in [3.63, 3.8) is 0 Å². The van der Waals surface area contributed by atoms with Gasteiger partial charge < -0.3 is 5.11 Å². The van der Waals surface area contributed by atoms with E-state index in [0.29, 0.717) is 11.1 Å². The van der Waals surface area contributed by atoms with Crippen molar-refractivity contribution < 1.29 is 19.5 Å². The highest BCUT2D eigenvalue weighted by atomic mass is 16.3. The fourth-order valence-electron chi connectivity index (χ4n) is 2.88. The van der Waals surface area contributed by atoms with Crippen molar-refractivity contribution >= 4 is 29.8 Å². The zero-order valence-electron chi connectivity index (χ0n) is 18.3. The largest absolute Gasteiger partial charge is 0.508 e. The third kappa shape index (κ3) is 6.71. The Kier molecular flexibility index (Phi) is 8.99. The van der Waals surface area contributed by atoms with E-state index < -0.39 is 0 Å². The van der Waals surface area contributed by atoms with Crippen molar-refractivity contribution in [2.75, 3.05) is 0 Å². The van der Waals surface area contributed by atoms with Gasteiger partial charge in [-0.05, 0) is 79.9 Å². The average Bonchev–Trinajstić information content (AvgIpc) is 2.82. The van der Waals surface area contributed by atoms with Gasteiger partial charge in [0.05, 0.1) is 5.52 Å². The van der Waals surface area contributed by atoms with Crippen LogP contribution in [0.2, 0.25) is 0 Å². The van der Waals surface area contributed by atoms with Gasteiger partial charge >= 0.3 is 0 Å². The molecule has 0 saturated heterocycles. The van der Waals surface area contributed by atoms with Gasteiger partial charge in [0, 0.05) is 28.3 Å². The minimum Gasteiger partial charge on any atom is -0.508 e. The maximum Gasteiger partial charge on any atom is 0.150 e. The van der Waals surface area contributed by atoms with E-state index in [4.69, 9.17) is 5.11 Å². The normalized spacial score (nSPS) is 9.59. The lowest BCUT2D eigenvalue weighted by molar-refractivity contribution is 0.111. The number of benzene rings is 3. The number of aromatic hydroxyl groups is 1. The van der Waals surface area contributed by atoms with Crippen LogP contribution in [0.5, 0.6) is 5.75 Å². The van der Waals surface area contributed by atoms with Gasteiger partial charge in [0.15, 0.2) is 6.29 Å². The second-order valence-corrected chi connectivity index (χ2v) is 7.16. The Labute approximate surface area is 187 Å². The van der Waals surface area contributed by atoms with Gasteiger partial charge in [0.1, 0.15) is 18.3 Å². The Morgan fingerprint density at radius 1 is 0.688 bits per heavy atom. The molecular weight excluding hydrogens is 402 g/mol. The number of phenols is 1. The van der Waals surface area contributed by atoms with Gasteiger partial charge in [-0.15, -0.1) is 0 Å². The first-order valence-electron chi connectivity index (χ1n) is 9.95. The van der Waals surface area contributed by atoms with Crippen molar-refractivity contribution in [3.8, 4) is 5.75 Å². The summed E-state index contributed by atoms with van der Waals surface area (Å²) in [5.74, 6) is 0.181. The first-order valence-corrected chi connectivity index (χ1v) is 9.95. The molecular formula is C27H25NO4. The fourth-order valence-corrected chi connectivity index (χ4v) is 2.88. The third-order valence-electron chi connectivity index (χ3n) is 4.85. The number of aromatic nitrogens is 1. The molecule has 162 valence electrons. The van der Waals surface area contributed by atoms with E-state index in [2.05, 4.69) is 11.9 Å². The molecule has 4 aromatic rings. The lowest BCUT2D eigenvalue weighted by Gasteiger charge is -2.03. The van der Waals surface area contributed by atoms with E-state index in [1.807, 2.05) is 50.2 Å². The molecule has 4 rings (SSSR count). The average molecular weight is 428 g/mol. The number of carbonyl (C=O) groups excluding carboxylic acids is 3. The van der Waals surface area contributed by atoms with Crippen LogP contribution in [0.1, 0.15) is 47.8 Å². The second kappa shape index (κ2) is 11.9. The topological polar surface area (TPSA) is 84.3 Å². The van der Waals surface area contributed by atoms with Crippen molar-refractivity contribution in [2.45, 2.75) is 20.8 Å². The lowest BCUT2D eigenvalue weighted by atomic mass is 10.0. The monoisotopic (exact) mass is 427 g/mol. The van der Waals surface area contributed by atoms with Gasteiger partial charge in [-0.25, -0.2) is 0 Å².